The van der Waals surface area contributed by atoms with Crippen LogP contribution in [0, 0.1) is 6.92 Å². The van der Waals surface area contributed by atoms with Crippen LogP contribution in [0.5, 0.6) is 5.75 Å². The molecule has 0 N–H and O–H groups in total. The van der Waals surface area contributed by atoms with Crippen LogP contribution in [0.25, 0.3) is 0 Å². The lowest BCUT2D eigenvalue weighted by Gasteiger charge is -2.15. The Morgan fingerprint density at radius 3 is 2.39 bits per heavy atom. The number of benzene rings is 2. The number of rotatable bonds is 3. The molecule has 0 amide bonds. The summed E-state index contributed by atoms with van der Waals surface area (Å²) in [5.41, 5.74) is 3.46. The molecule has 1 unspecified atom stereocenters. The van der Waals surface area contributed by atoms with E-state index in [-0.39, 0.29) is 4.83 Å². The highest BCUT2D eigenvalue weighted by Gasteiger charge is 2.15. The fraction of sp³-hybridized carbons (Fsp3) is 0.200. The fourth-order valence-electron chi connectivity index (χ4n) is 1.82. The highest BCUT2D eigenvalue weighted by molar-refractivity contribution is 9.09. The molecule has 1 atom stereocenters. The van der Waals surface area contributed by atoms with E-state index < -0.39 is 0 Å². The van der Waals surface area contributed by atoms with Gasteiger partial charge in [0.2, 0.25) is 0 Å². The summed E-state index contributed by atoms with van der Waals surface area (Å²) < 4.78 is 5.38. The monoisotopic (exact) mass is 324 g/mol. The summed E-state index contributed by atoms with van der Waals surface area (Å²) in [6.45, 7) is 2.08. The first-order chi connectivity index (χ1) is 8.61. The van der Waals surface area contributed by atoms with Crippen molar-refractivity contribution in [1.82, 2.24) is 0 Å². The van der Waals surface area contributed by atoms with Crippen LogP contribution in [0.15, 0.2) is 42.5 Å². The zero-order chi connectivity index (χ0) is 13.1. The molecule has 2 aromatic rings. The van der Waals surface area contributed by atoms with Crippen molar-refractivity contribution in [3.63, 3.8) is 0 Å². The van der Waals surface area contributed by atoms with Gasteiger partial charge in [-0.3, -0.25) is 0 Å². The van der Waals surface area contributed by atoms with Crippen molar-refractivity contribution in [2.45, 2.75) is 11.8 Å². The molecule has 0 heterocycles. The van der Waals surface area contributed by atoms with Gasteiger partial charge in [-0.1, -0.05) is 57.4 Å². The van der Waals surface area contributed by atoms with Crippen molar-refractivity contribution in [2.24, 2.45) is 0 Å². The Morgan fingerprint density at radius 2 is 1.78 bits per heavy atom. The topological polar surface area (TPSA) is 9.23 Å². The number of alkyl halides is 1. The molecule has 0 radical (unpaired) electrons. The van der Waals surface area contributed by atoms with Crippen LogP contribution >= 0.6 is 27.5 Å². The number of ether oxygens (including phenoxy) is 1. The van der Waals surface area contributed by atoms with Gasteiger partial charge < -0.3 is 4.74 Å². The quantitative estimate of drug-likeness (QED) is 0.710. The van der Waals surface area contributed by atoms with E-state index in [1.54, 1.807) is 7.11 Å². The number of methoxy groups -OCH3 is 1. The molecule has 0 saturated heterocycles. The molecule has 3 heteroatoms. The van der Waals surface area contributed by atoms with E-state index >= 15 is 0 Å². The lowest BCUT2D eigenvalue weighted by atomic mass is 10.0. The maximum Gasteiger partial charge on any atom is 0.123 e. The molecular weight excluding hydrogens is 312 g/mol. The molecule has 2 aromatic carbocycles. The van der Waals surface area contributed by atoms with Crippen molar-refractivity contribution in [3.05, 3.63) is 64.2 Å². The van der Waals surface area contributed by atoms with Gasteiger partial charge in [-0.15, -0.1) is 0 Å². The van der Waals surface area contributed by atoms with Crippen LogP contribution in [-0.2, 0) is 0 Å². The molecule has 0 spiro atoms. The molecule has 0 aliphatic rings. The Hall–Kier alpha value is -0.990. The molecular formula is C15H14BrClO. The molecule has 94 valence electrons. The molecule has 0 aliphatic carbocycles. The van der Waals surface area contributed by atoms with Crippen LogP contribution in [0.4, 0.5) is 0 Å². The lowest BCUT2D eigenvalue weighted by molar-refractivity contribution is 0.410. The normalized spacial score (nSPS) is 12.2. The van der Waals surface area contributed by atoms with E-state index in [9.17, 15) is 0 Å². The van der Waals surface area contributed by atoms with Crippen molar-refractivity contribution < 1.29 is 4.74 Å². The average molecular weight is 326 g/mol. The highest BCUT2D eigenvalue weighted by atomic mass is 79.9. The van der Waals surface area contributed by atoms with E-state index in [0.717, 1.165) is 11.3 Å². The van der Waals surface area contributed by atoms with Gasteiger partial charge in [0.05, 0.1) is 11.9 Å². The minimum absolute atomic E-state index is 0.0757. The van der Waals surface area contributed by atoms with E-state index in [4.69, 9.17) is 16.3 Å². The van der Waals surface area contributed by atoms with Crippen LogP contribution in [-0.4, -0.2) is 7.11 Å². The molecule has 0 bridgehead atoms. The number of hydrogen-bond acceptors (Lipinski definition) is 1. The Morgan fingerprint density at radius 1 is 1.11 bits per heavy atom. The fourth-order valence-corrected chi connectivity index (χ4v) is 2.66. The lowest BCUT2D eigenvalue weighted by Crippen LogP contribution is -1.97. The van der Waals surface area contributed by atoms with Gasteiger partial charge in [0, 0.05) is 10.6 Å². The summed E-state index contributed by atoms with van der Waals surface area (Å²) >= 11 is 9.76. The first-order valence-corrected chi connectivity index (χ1v) is 6.95. The predicted molar refractivity (Wildman–Crippen MR) is 80.0 cm³/mol. The second kappa shape index (κ2) is 5.77. The predicted octanol–water partition coefficient (Wildman–Crippen LogP) is 5.14. The second-order valence-electron chi connectivity index (χ2n) is 4.16. The standard InChI is InChI=1S/C15H14BrClO/c1-10-3-5-11(6-4-10)15(16)13-9-12(17)7-8-14(13)18-2/h3-9,15H,1-2H3. The summed E-state index contributed by atoms with van der Waals surface area (Å²) in [6.07, 6.45) is 0. The summed E-state index contributed by atoms with van der Waals surface area (Å²) in [7, 11) is 1.67. The number of halogens is 2. The van der Waals surface area contributed by atoms with Gasteiger partial charge in [0.25, 0.3) is 0 Å². The zero-order valence-electron chi connectivity index (χ0n) is 10.3. The Kier molecular flexibility index (Phi) is 4.31. The number of aryl methyl sites for hydroxylation is 1. The van der Waals surface area contributed by atoms with Crippen molar-refractivity contribution in [2.75, 3.05) is 7.11 Å². The third kappa shape index (κ3) is 2.88. The van der Waals surface area contributed by atoms with Gasteiger partial charge in [-0.25, -0.2) is 0 Å². The van der Waals surface area contributed by atoms with Crippen LogP contribution in [0.2, 0.25) is 5.02 Å². The molecule has 2 rings (SSSR count). The van der Waals surface area contributed by atoms with Crippen molar-refractivity contribution in [3.8, 4) is 5.75 Å². The third-order valence-corrected chi connectivity index (χ3v) is 4.09. The minimum atomic E-state index is 0.0757. The molecule has 1 nitrogen and oxygen atoms in total. The summed E-state index contributed by atoms with van der Waals surface area (Å²) in [5, 5.41) is 0.711. The van der Waals surface area contributed by atoms with Crippen LogP contribution in [0.1, 0.15) is 21.5 Å². The van der Waals surface area contributed by atoms with Crippen molar-refractivity contribution in [1.29, 1.82) is 0 Å². The SMILES string of the molecule is COc1ccc(Cl)cc1C(Br)c1ccc(C)cc1. The Balaban J connectivity index is 2.41. The molecule has 18 heavy (non-hydrogen) atoms. The average Bonchev–Trinajstić information content (AvgIpc) is 2.39. The smallest absolute Gasteiger partial charge is 0.123 e. The van der Waals surface area contributed by atoms with Crippen LogP contribution < -0.4 is 4.74 Å². The maximum atomic E-state index is 6.05. The van der Waals surface area contributed by atoms with Crippen LogP contribution in [0.3, 0.4) is 0 Å². The largest absolute Gasteiger partial charge is 0.496 e. The number of hydrogen-bond donors (Lipinski definition) is 0. The molecule has 0 saturated carbocycles. The highest BCUT2D eigenvalue weighted by Crippen LogP contribution is 2.37. The molecule has 0 fully saturated rings. The molecule has 0 aliphatic heterocycles. The first-order valence-electron chi connectivity index (χ1n) is 5.66. The van der Waals surface area contributed by atoms with Gasteiger partial charge in [0.15, 0.2) is 0 Å². The third-order valence-electron chi connectivity index (χ3n) is 2.83. The maximum absolute atomic E-state index is 6.05. The van der Waals surface area contributed by atoms with Crippen molar-refractivity contribution >= 4 is 27.5 Å². The summed E-state index contributed by atoms with van der Waals surface area (Å²) in [4.78, 5) is 0.0757. The van der Waals surface area contributed by atoms with Gasteiger partial charge in [-0.2, -0.15) is 0 Å². The summed E-state index contributed by atoms with van der Waals surface area (Å²) in [6, 6.07) is 14.1. The van der Waals surface area contributed by atoms with Gasteiger partial charge in [0.1, 0.15) is 5.75 Å². The summed E-state index contributed by atoms with van der Waals surface area (Å²) in [5.74, 6) is 0.835. The second-order valence-corrected chi connectivity index (χ2v) is 5.51. The minimum Gasteiger partial charge on any atom is -0.496 e. The van der Waals surface area contributed by atoms with Gasteiger partial charge >= 0.3 is 0 Å². The van der Waals surface area contributed by atoms with E-state index in [0.29, 0.717) is 5.02 Å². The Bertz CT molecular complexity index is 537. The molecule has 0 aromatic heterocycles. The van der Waals surface area contributed by atoms with E-state index in [2.05, 4.69) is 47.1 Å². The first kappa shape index (κ1) is 13.4. The zero-order valence-corrected chi connectivity index (χ0v) is 12.6. The van der Waals surface area contributed by atoms with E-state index in [1.807, 2.05) is 18.2 Å². The Labute approximate surface area is 121 Å². The van der Waals surface area contributed by atoms with Gasteiger partial charge in [-0.05, 0) is 30.7 Å². The van der Waals surface area contributed by atoms with E-state index in [1.165, 1.54) is 11.1 Å².